The van der Waals surface area contributed by atoms with Crippen molar-refractivity contribution in [2.24, 2.45) is 0 Å². The lowest BCUT2D eigenvalue weighted by Gasteiger charge is -2.13. The second kappa shape index (κ2) is 10.4. The Morgan fingerprint density at radius 3 is 2.45 bits per heavy atom. The van der Waals surface area contributed by atoms with Crippen molar-refractivity contribution in [3.05, 3.63) is 105 Å². The van der Waals surface area contributed by atoms with Gasteiger partial charge in [0.15, 0.2) is 11.0 Å². The van der Waals surface area contributed by atoms with Gasteiger partial charge in [-0.1, -0.05) is 77.4 Å². The summed E-state index contributed by atoms with van der Waals surface area (Å²) in [6.07, 6.45) is 0. The van der Waals surface area contributed by atoms with E-state index in [1.54, 1.807) is 36.0 Å². The average molecular weight is 497 g/mol. The van der Waals surface area contributed by atoms with Crippen LogP contribution in [0.25, 0.3) is 5.69 Å². The number of amides is 1. The van der Waals surface area contributed by atoms with E-state index in [9.17, 15) is 4.79 Å². The number of nitrogens with zero attached hydrogens (tertiary/aromatic N) is 3. The molecule has 0 aliphatic rings. The maximum atomic E-state index is 12.7. The smallest absolute Gasteiger partial charge is 0.251 e. The molecule has 0 saturated carbocycles. The van der Waals surface area contributed by atoms with Crippen molar-refractivity contribution >= 4 is 40.9 Å². The first-order valence-corrected chi connectivity index (χ1v) is 12.1. The summed E-state index contributed by atoms with van der Waals surface area (Å²) in [6, 6.07) is 20.9. The van der Waals surface area contributed by atoms with Gasteiger partial charge in [-0.05, 0) is 54.8 Å². The summed E-state index contributed by atoms with van der Waals surface area (Å²) in [5.41, 5.74) is 4.62. The zero-order chi connectivity index (χ0) is 23.4. The van der Waals surface area contributed by atoms with E-state index in [1.807, 2.05) is 41.8 Å². The summed E-state index contributed by atoms with van der Waals surface area (Å²) >= 11 is 14.3. The van der Waals surface area contributed by atoms with Crippen LogP contribution in [0.5, 0.6) is 0 Å². The van der Waals surface area contributed by atoms with Gasteiger partial charge >= 0.3 is 0 Å². The predicted octanol–water partition coefficient (Wildman–Crippen LogP) is 6.41. The number of benzene rings is 3. The summed E-state index contributed by atoms with van der Waals surface area (Å²) in [7, 11) is 0. The van der Waals surface area contributed by atoms with Crippen molar-refractivity contribution in [3.8, 4) is 5.69 Å². The summed E-state index contributed by atoms with van der Waals surface area (Å²) < 4.78 is 1.86. The molecule has 0 radical (unpaired) electrons. The molecule has 0 aliphatic heterocycles. The first-order valence-electron chi connectivity index (χ1n) is 10.3. The molecular weight excluding hydrogens is 475 g/mol. The third-order valence-electron chi connectivity index (χ3n) is 5.26. The Hall–Kier alpha value is -2.80. The lowest BCUT2D eigenvalue weighted by Crippen LogP contribution is -2.25. The van der Waals surface area contributed by atoms with Gasteiger partial charge in [-0.3, -0.25) is 9.36 Å². The first-order chi connectivity index (χ1) is 15.9. The topological polar surface area (TPSA) is 59.8 Å². The van der Waals surface area contributed by atoms with Crippen molar-refractivity contribution in [1.82, 2.24) is 20.1 Å². The minimum absolute atomic E-state index is 0.172. The van der Waals surface area contributed by atoms with E-state index >= 15 is 0 Å². The second-order valence-electron chi connectivity index (χ2n) is 7.54. The molecule has 0 bridgehead atoms. The standard InChI is InChI=1S/C25H22Cl2N4OS/c1-16-7-3-5-9-18(16)15-33-25-30-29-23(31(25)22-13-19(26)11-12-21(22)27)14-28-24(32)20-10-6-4-8-17(20)2/h3-13H,14-15H2,1-2H3,(H,28,32). The molecule has 168 valence electrons. The van der Waals surface area contributed by atoms with Crippen LogP contribution in [0, 0.1) is 13.8 Å². The Morgan fingerprint density at radius 2 is 1.70 bits per heavy atom. The number of rotatable bonds is 7. The maximum absolute atomic E-state index is 12.7. The van der Waals surface area contributed by atoms with Crippen LogP contribution >= 0.6 is 35.0 Å². The Bertz CT molecular complexity index is 1310. The molecule has 0 fully saturated rings. The number of carbonyl (C=O) groups is 1. The molecule has 4 aromatic rings. The van der Waals surface area contributed by atoms with E-state index < -0.39 is 0 Å². The lowest BCUT2D eigenvalue weighted by atomic mass is 10.1. The molecule has 1 aromatic heterocycles. The van der Waals surface area contributed by atoms with E-state index in [0.29, 0.717) is 32.3 Å². The summed E-state index contributed by atoms with van der Waals surface area (Å²) in [4.78, 5) is 12.7. The van der Waals surface area contributed by atoms with Crippen LogP contribution in [0.3, 0.4) is 0 Å². The van der Waals surface area contributed by atoms with Gasteiger partial charge in [-0.25, -0.2) is 0 Å². The van der Waals surface area contributed by atoms with Crippen molar-refractivity contribution in [2.75, 3.05) is 0 Å². The van der Waals surface area contributed by atoms with Crippen molar-refractivity contribution in [2.45, 2.75) is 31.3 Å². The van der Waals surface area contributed by atoms with Gasteiger partial charge in [0.25, 0.3) is 5.91 Å². The monoisotopic (exact) mass is 496 g/mol. The van der Waals surface area contributed by atoms with E-state index in [0.717, 1.165) is 11.3 Å². The molecule has 1 amide bonds. The number of hydrogen-bond donors (Lipinski definition) is 1. The van der Waals surface area contributed by atoms with Gasteiger partial charge < -0.3 is 5.32 Å². The van der Waals surface area contributed by atoms with Crippen LogP contribution < -0.4 is 5.32 Å². The normalized spacial score (nSPS) is 10.9. The van der Waals surface area contributed by atoms with Crippen molar-refractivity contribution in [1.29, 1.82) is 0 Å². The molecule has 1 heterocycles. The highest BCUT2D eigenvalue weighted by atomic mass is 35.5. The van der Waals surface area contributed by atoms with Gasteiger partial charge in [-0.15, -0.1) is 10.2 Å². The van der Waals surface area contributed by atoms with Gasteiger partial charge in [0.1, 0.15) is 0 Å². The summed E-state index contributed by atoms with van der Waals surface area (Å²) in [6.45, 7) is 4.18. The molecule has 0 spiro atoms. The fourth-order valence-electron chi connectivity index (χ4n) is 3.40. The molecule has 3 aromatic carbocycles. The summed E-state index contributed by atoms with van der Waals surface area (Å²) in [5, 5.41) is 13.4. The average Bonchev–Trinajstić information content (AvgIpc) is 3.21. The molecule has 8 heteroatoms. The first kappa shape index (κ1) is 23.4. The Balaban J connectivity index is 1.64. The number of thioether (sulfide) groups is 1. The Kier molecular flexibility index (Phi) is 7.38. The highest BCUT2D eigenvalue weighted by molar-refractivity contribution is 7.98. The van der Waals surface area contributed by atoms with Crippen molar-refractivity contribution in [3.63, 3.8) is 0 Å². The largest absolute Gasteiger partial charge is 0.345 e. The lowest BCUT2D eigenvalue weighted by molar-refractivity contribution is 0.0949. The molecule has 0 atom stereocenters. The van der Waals surface area contributed by atoms with E-state index in [2.05, 4.69) is 34.6 Å². The molecular formula is C25H22Cl2N4OS. The Labute approximate surface area is 207 Å². The predicted molar refractivity (Wildman–Crippen MR) is 134 cm³/mol. The maximum Gasteiger partial charge on any atom is 0.251 e. The van der Waals surface area contributed by atoms with E-state index in [4.69, 9.17) is 23.2 Å². The second-order valence-corrected chi connectivity index (χ2v) is 9.33. The summed E-state index contributed by atoms with van der Waals surface area (Å²) in [5.74, 6) is 1.11. The molecule has 33 heavy (non-hydrogen) atoms. The van der Waals surface area contributed by atoms with Crippen molar-refractivity contribution < 1.29 is 4.79 Å². The number of aryl methyl sites for hydroxylation is 2. The minimum Gasteiger partial charge on any atom is -0.345 e. The van der Waals surface area contributed by atoms with E-state index in [-0.39, 0.29) is 12.5 Å². The number of halogens is 2. The van der Waals surface area contributed by atoms with Gasteiger partial charge in [0, 0.05) is 16.3 Å². The van der Waals surface area contributed by atoms with Crippen LogP contribution in [-0.2, 0) is 12.3 Å². The van der Waals surface area contributed by atoms with Crippen LogP contribution in [0.4, 0.5) is 0 Å². The molecule has 4 rings (SSSR count). The van der Waals surface area contributed by atoms with Crippen LogP contribution in [0.1, 0.15) is 32.9 Å². The molecule has 0 saturated heterocycles. The molecule has 1 N–H and O–H groups in total. The highest BCUT2D eigenvalue weighted by Crippen LogP contribution is 2.31. The highest BCUT2D eigenvalue weighted by Gasteiger charge is 2.19. The number of hydrogen-bond acceptors (Lipinski definition) is 4. The van der Waals surface area contributed by atoms with E-state index in [1.165, 1.54) is 11.1 Å². The molecule has 0 aliphatic carbocycles. The molecule has 5 nitrogen and oxygen atoms in total. The number of nitrogens with one attached hydrogen (secondary N) is 1. The SMILES string of the molecule is Cc1ccccc1CSc1nnc(CNC(=O)c2ccccc2C)n1-c1cc(Cl)ccc1Cl. The Morgan fingerprint density at radius 1 is 0.970 bits per heavy atom. The quantitative estimate of drug-likeness (QED) is 0.300. The van der Waals surface area contributed by atoms with Gasteiger partial charge in [0.05, 0.1) is 17.3 Å². The van der Waals surface area contributed by atoms with Crippen LogP contribution in [0.2, 0.25) is 10.0 Å². The third kappa shape index (κ3) is 5.41. The number of carbonyl (C=O) groups excluding carboxylic acids is 1. The van der Waals surface area contributed by atoms with Crippen LogP contribution in [-0.4, -0.2) is 20.7 Å². The number of aromatic nitrogens is 3. The molecule has 0 unspecified atom stereocenters. The van der Waals surface area contributed by atoms with Gasteiger partial charge in [-0.2, -0.15) is 0 Å². The zero-order valence-corrected chi connectivity index (χ0v) is 20.5. The fraction of sp³-hybridized carbons (Fsp3) is 0.160. The van der Waals surface area contributed by atoms with Gasteiger partial charge in [0.2, 0.25) is 0 Å². The van der Waals surface area contributed by atoms with Crippen LogP contribution in [0.15, 0.2) is 71.9 Å². The fourth-order valence-corrected chi connectivity index (χ4v) is 4.81. The zero-order valence-electron chi connectivity index (χ0n) is 18.2. The third-order valence-corrected chi connectivity index (χ3v) is 6.80. The minimum atomic E-state index is -0.172.